The van der Waals surface area contributed by atoms with E-state index in [4.69, 9.17) is 4.74 Å². The first-order valence-electron chi connectivity index (χ1n) is 11.5. The van der Waals surface area contributed by atoms with Crippen LogP contribution < -0.4 is 14.4 Å². The van der Waals surface area contributed by atoms with Gasteiger partial charge in [0.15, 0.2) is 0 Å². The Bertz CT molecular complexity index is 1130. The summed E-state index contributed by atoms with van der Waals surface area (Å²) in [6, 6.07) is 11.3. The maximum absolute atomic E-state index is 14.4. The van der Waals surface area contributed by atoms with Crippen molar-refractivity contribution in [2.24, 2.45) is 0 Å². The molecule has 2 aromatic rings. The third-order valence-corrected chi connectivity index (χ3v) is 6.71. The summed E-state index contributed by atoms with van der Waals surface area (Å²) in [4.78, 5) is 27.6. The number of halogens is 1. The molecule has 35 heavy (non-hydrogen) atoms. The van der Waals surface area contributed by atoms with E-state index in [2.05, 4.69) is 5.32 Å². The molecule has 2 amide bonds. The summed E-state index contributed by atoms with van der Waals surface area (Å²) in [5, 5.41) is 2.83. The lowest BCUT2D eigenvalue weighted by Gasteiger charge is -2.32. The second-order valence-corrected chi connectivity index (χ2v) is 10.2. The number of hydrogen-bond acceptors (Lipinski definition) is 5. The van der Waals surface area contributed by atoms with E-state index < -0.39 is 40.2 Å². The molecule has 0 spiro atoms. The molecular formula is C25H34FN3O5S. The zero-order valence-electron chi connectivity index (χ0n) is 20.8. The highest BCUT2D eigenvalue weighted by molar-refractivity contribution is 7.92. The van der Waals surface area contributed by atoms with Gasteiger partial charge in [0.25, 0.3) is 0 Å². The Morgan fingerprint density at radius 2 is 1.69 bits per heavy atom. The average molecular weight is 508 g/mol. The summed E-state index contributed by atoms with van der Waals surface area (Å²) in [6.07, 6.45) is 1.68. The molecule has 0 radical (unpaired) electrons. The highest BCUT2D eigenvalue weighted by Gasteiger charge is 2.31. The Hall–Kier alpha value is -3.14. The second-order valence-electron chi connectivity index (χ2n) is 8.28. The first-order valence-corrected chi connectivity index (χ1v) is 13.4. The minimum absolute atomic E-state index is 0.124. The van der Waals surface area contributed by atoms with Gasteiger partial charge in [-0.25, -0.2) is 12.8 Å². The van der Waals surface area contributed by atoms with E-state index in [-0.39, 0.29) is 23.8 Å². The minimum atomic E-state index is -3.91. The van der Waals surface area contributed by atoms with Crippen LogP contribution in [0.2, 0.25) is 0 Å². The van der Waals surface area contributed by atoms with Crippen molar-refractivity contribution < 1.29 is 27.1 Å². The number of hydrogen-bond donors (Lipinski definition) is 1. The number of sulfonamides is 1. The fourth-order valence-corrected chi connectivity index (χ4v) is 4.25. The largest absolute Gasteiger partial charge is 0.492 e. The van der Waals surface area contributed by atoms with Crippen LogP contribution in [0.4, 0.5) is 10.1 Å². The van der Waals surface area contributed by atoms with Crippen molar-refractivity contribution in [3.8, 4) is 5.75 Å². The van der Waals surface area contributed by atoms with Crippen molar-refractivity contribution in [1.82, 2.24) is 10.2 Å². The molecule has 10 heteroatoms. The van der Waals surface area contributed by atoms with E-state index in [1.807, 2.05) is 13.8 Å². The van der Waals surface area contributed by atoms with Crippen LogP contribution in [0.5, 0.6) is 5.75 Å². The summed E-state index contributed by atoms with van der Waals surface area (Å²) >= 11 is 0. The molecule has 2 rings (SSSR count). The molecule has 192 valence electrons. The zero-order chi connectivity index (χ0) is 26.2. The third kappa shape index (κ3) is 7.68. The molecule has 0 bridgehead atoms. The van der Waals surface area contributed by atoms with Crippen molar-refractivity contribution >= 4 is 27.5 Å². The normalized spacial score (nSPS) is 13.0. The van der Waals surface area contributed by atoms with Crippen molar-refractivity contribution in [2.75, 3.05) is 23.7 Å². The predicted molar refractivity (Wildman–Crippen MR) is 134 cm³/mol. The fraction of sp³-hybridized carbons (Fsp3) is 0.440. The Morgan fingerprint density at radius 3 is 2.29 bits per heavy atom. The van der Waals surface area contributed by atoms with Crippen LogP contribution in [0, 0.1) is 5.82 Å². The minimum Gasteiger partial charge on any atom is -0.492 e. The summed E-state index contributed by atoms with van der Waals surface area (Å²) in [7, 11) is -3.91. The molecule has 0 unspecified atom stereocenters. The SMILES string of the molecule is CCOc1ccccc1N(CC(=O)N(Cc1ccccc1F)[C@H](C)C(=O)N[C@H](C)CC)S(C)(=O)=O. The number of ether oxygens (including phenoxy) is 1. The second kappa shape index (κ2) is 12.5. The quantitative estimate of drug-likeness (QED) is 0.476. The summed E-state index contributed by atoms with van der Waals surface area (Å²) in [6.45, 7) is 6.57. The lowest BCUT2D eigenvalue weighted by molar-refractivity contribution is -0.139. The van der Waals surface area contributed by atoms with Gasteiger partial charge < -0.3 is 15.0 Å². The molecule has 0 saturated carbocycles. The lowest BCUT2D eigenvalue weighted by Crippen LogP contribution is -2.52. The van der Waals surface area contributed by atoms with Gasteiger partial charge in [-0.2, -0.15) is 0 Å². The van der Waals surface area contributed by atoms with E-state index in [1.54, 1.807) is 37.3 Å². The van der Waals surface area contributed by atoms with E-state index >= 15 is 0 Å². The highest BCUT2D eigenvalue weighted by atomic mass is 32.2. The van der Waals surface area contributed by atoms with E-state index in [0.717, 1.165) is 10.6 Å². The Morgan fingerprint density at radius 1 is 1.06 bits per heavy atom. The Balaban J connectivity index is 2.45. The molecule has 0 aliphatic rings. The Kier molecular flexibility index (Phi) is 10.1. The smallest absolute Gasteiger partial charge is 0.244 e. The van der Waals surface area contributed by atoms with Crippen LogP contribution >= 0.6 is 0 Å². The van der Waals surface area contributed by atoms with Gasteiger partial charge in [-0.05, 0) is 45.4 Å². The zero-order valence-corrected chi connectivity index (χ0v) is 21.6. The van der Waals surface area contributed by atoms with Crippen molar-refractivity contribution in [2.45, 2.75) is 52.7 Å². The maximum atomic E-state index is 14.4. The molecular weight excluding hydrogens is 473 g/mol. The number of carbonyl (C=O) groups is 2. The number of amides is 2. The van der Waals surface area contributed by atoms with Gasteiger partial charge >= 0.3 is 0 Å². The average Bonchev–Trinajstić information content (AvgIpc) is 2.81. The number of anilines is 1. The molecule has 2 atom stereocenters. The van der Waals surface area contributed by atoms with Gasteiger partial charge in [-0.3, -0.25) is 13.9 Å². The van der Waals surface area contributed by atoms with E-state index in [9.17, 15) is 22.4 Å². The van der Waals surface area contributed by atoms with Gasteiger partial charge in [-0.1, -0.05) is 37.3 Å². The van der Waals surface area contributed by atoms with Gasteiger partial charge in [0.1, 0.15) is 24.2 Å². The predicted octanol–water partition coefficient (Wildman–Crippen LogP) is 3.32. The lowest BCUT2D eigenvalue weighted by atomic mass is 10.1. The summed E-state index contributed by atoms with van der Waals surface area (Å²) < 4.78 is 46.4. The molecule has 0 aromatic heterocycles. The maximum Gasteiger partial charge on any atom is 0.244 e. The first-order chi connectivity index (χ1) is 16.5. The van der Waals surface area contributed by atoms with Crippen LogP contribution in [0.25, 0.3) is 0 Å². The standard InChI is InChI=1S/C25H34FN3O5S/c1-6-18(3)27-25(31)19(4)28(16-20-12-8-9-13-21(20)26)24(30)17-29(35(5,32)33)22-14-10-11-15-23(22)34-7-2/h8-15,18-19H,6-7,16-17H2,1-5H3,(H,27,31)/t18-,19-/m1/s1. The van der Waals surface area contributed by atoms with Crippen molar-refractivity contribution in [3.63, 3.8) is 0 Å². The molecule has 0 aliphatic heterocycles. The van der Waals surface area contributed by atoms with Gasteiger partial charge in [0.05, 0.1) is 18.6 Å². The molecule has 0 saturated heterocycles. The van der Waals surface area contributed by atoms with Crippen molar-refractivity contribution in [3.05, 3.63) is 59.9 Å². The number of rotatable bonds is 12. The van der Waals surface area contributed by atoms with Crippen molar-refractivity contribution in [1.29, 1.82) is 0 Å². The topological polar surface area (TPSA) is 96.0 Å². The third-order valence-electron chi connectivity index (χ3n) is 5.58. The summed E-state index contributed by atoms with van der Waals surface area (Å²) in [5.74, 6) is -1.29. The fourth-order valence-electron chi connectivity index (χ4n) is 3.39. The van der Waals surface area contributed by atoms with E-state index in [0.29, 0.717) is 18.8 Å². The first kappa shape index (κ1) is 28.1. The van der Waals surface area contributed by atoms with Gasteiger partial charge in [0, 0.05) is 18.2 Å². The van der Waals surface area contributed by atoms with E-state index in [1.165, 1.54) is 30.0 Å². The summed E-state index contributed by atoms with van der Waals surface area (Å²) in [5.41, 5.74) is 0.414. The molecule has 8 nitrogen and oxygen atoms in total. The monoisotopic (exact) mass is 507 g/mol. The molecule has 2 aromatic carbocycles. The van der Waals surface area contributed by atoms with Crippen LogP contribution in [-0.4, -0.2) is 56.6 Å². The highest BCUT2D eigenvalue weighted by Crippen LogP contribution is 2.30. The van der Waals surface area contributed by atoms with Crippen LogP contribution in [-0.2, 0) is 26.2 Å². The van der Waals surface area contributed by atoms with Crippen LogP contribution in [0.3, 0.4) is 0 Å². The number of nitrogens with one attached hydrogen (secondary N) is 1. The number of nitrogens with zero attached hydrogens (tertiary/aromatic N) is 2. The number of carbonyl (C=O) groups excluding carboxylic acids is 2. The molecule has 0 aliphatic carbocycles. The molecule has 0 fully saturated rings. The number of para-hydroxylation sites is 2. The van der Waals surface area contributed by atoms with Gasteiger partial charge in [-0.15, -0.1) is 0 Å². The van der Waals surface area contributed by atoms with Crippen LogP contribution in [0.1, 0.15) is 39.7 Å². The number of benzene rings is 2. The molecule has 1 N–H and O–H groups in total. The van der Waals surface area contributed by atoms with Gasteiger partial charge in [0.2, 0.25) is 21.8 Å². The van der Waals surface area contributed by atoms with Crippen LogP contribution in [0.15, 0.2) is 48.5 Å². The Labute approximate surface area is 207 Å². The molecule has 0 heterocycles.